The van der Waals surface area contributed by atoms with Crippen LogP contribution < -0.4 is 0 Å². The molecule has 0 N–H and O–H groups in total. The molecule has 0 saturated carbocycles. The minimum Gasteiger partial charge on any atom is -0.465 e. The maximum absolute atomic E-state index is 11.4. The maximum Gasteiger partial charge on any atom is 0.341 e. The molecule has 0 atom stereocenters. The number of thioether (sulfide) groups is 1. The maximum atomic E-state index is 11.4. The number of hydrogen-bond acceptors (Lipinski definition) is 7. The van der Waals surface area contributed by atoms with E-state index < -0.39 is 5.97 Å². The third-order valence-corrected chi connectivity index (χ3v) is 3.33. The molecule has 0 aliphatic heterocycles. The highest BCUT2D eigenvalue weighted by Crippen LogP contribution is 2.23. The second-order valence-corrected chi connectivity index (χ2v) is 4.49. The summed E-state index contributed by atoms with van der Waals surface area (Å²) in [6, 6.07) is 1.68. The van der Waals surface area contributed by atoms with Crippen molar-refractivity contribution in [2.24, 2.45) is 7.05 Å². The van der Waals surface area contributed by atoms with Crippen molar-refractivity contribution in [1.29, 1.82) is 0 Å². The molecule has 0 radical (unpaired) electrons. The van der Waals surface area contributed by atoms with Crippen LogP contribution in [0.1, 0.15) is 21.9 Å². The second-order valence-electron chi connectivity index (χ2n) is 3.55. The molecule has 18 heavy (non-hydrogen) atoms. The molecule has 2 aromatic heterocycles. The first kappa shape index (κ1) is 12.6. The third kappa shape index (κ3) is 2.53. The van der Waals surface area contributed by atoms with Gasteiger partial charge in [-0.05, 0) is 23.4 Å². The minimum absolute atomic E-state index is 0.396. The van der Waals surface area contributed by atoms with Crippen LogP contribution in [0.15, 0.2) is 15.6 Å². The zero-order chi connectivity index (χ0) is 13.1. The van der Waals surface area contributed by atoms with Crippen LogP contribution in [-0.4, -0.2) is 33.3 Å². The first-order chi connectivity index (χ1) is 8.61. The molecule has 0 amide bonds. The molecule has 0 spiro atoms. The molecule has 7 nitrogen and oxygen atoms in total. The number of carbonyl (C=O) groups excluding carboxylic acids is 1. The Balaban J connectivity index is 2.07. The first-order valence-corrected chi connectivity index (χ1v) is 6.13. The topological polar surface area (TPSA) is 83.0 Å². The zero-order valence-corrected chi connectivity index (χ0v) is 11.0. The summed E-state index contributed by atoms with van der Waals surface area (Å²) in [5.41, 5.74) is 0.448. The van der Waals surface area contributed by atoms with Gasteiger partial charge >= 0.3 is 5.97 Å². The molecule has 0 unspecified atom stereocenters. The summed E-state index contributed by atoms with van der Waals surface area (Å²) in [6.07, 6.45) is 0. The largest absolute Gasteiger partial charge is 0.465 e. The molecular weight excluding hydrogens is 256 g/mol. The number of hydrogen-bond donors (Lipinski definition) is 0. The molecule has 0 bridgehead atoms. The number of tetrazole rings is 1. The van der Waals surface area contributed by atoms with E-state index in [2.05, 4.69) is 20.3 Å². The van der Waals surface area contributed by atoms with Crippen molar-refractivity contribution in [2.45, 2.75) is 17.8 Å². The minimum atomic E-state index is -0.396. The van der Waals surface area contributed by atoms with E-state index in [0.717, 1.165) is 0 Å². The van der Waals surface area contributed by atoms with Crippen LogP contribution in [0.5, 0.6) is 0 Å². The average molecular weight is 268 g/mol. The standard InChI is InChI=1S/C10H12N4O3S/c1-6-8(9(15)16-3)4-7(17-6)5-18-10-11-12-13-14(10)2/h4H,5H2,1-3H3. The molecule has 8 heteroatoms. The second kappa shape index (κ2) is 5.21. The summed E-state index contributed by atoms with van der Waals surface area (Å²) in [7, 11) is 3.10. The summed E-state index contributed by atoms with van der Waals surface area (Å²) >= 11 is 1.43. The van der Waals surface area contributed by atoms with Crippen LogP contribution in [-0.2, 0) is 17.5 Å². The SMILES string of the molecule is COC(=O)c1cc(CSc2nnnn2C)oc1C. The van der Waals surface area contributed by atoms with Gasteiger partial charge in [-0.2, -0.15) is 0 Å². The van der Waals surface area contributed by atoms with E-state index in [4.69, 9.17) is 4.42 Å². The fourth-order valence-electron chi connectivity index (χ4n) is 1.41. The van der Waals surface area contributed by atoms with Gasteiger partial charge in [-0.15, -0.1) is 5.10 Å². The summed E-state index contributed by atoms with van der Waals surface area (Å²) in [5.74, 6) is 1.38. The Labute approximate surface area is 107 Å². The summed E-state index contributed by atoms with van der Waals surface area (Å²) in [6.45, 7) is 1.73. The van der Waals surface area contributed by atoms with E-state index in [0.29, 0.717) is 28.0 Å². The van der Waals surface area contributed by atoms with Gasteiger partial charge in [-0.3, -0.25) is 0 Å². The van der Waals surface area contributed by atoms with Gasteiger partial charge in [-0.1, -0.05) is 11.8 Å². The molecule has 2 rings (SSSR count). The number of carbonyl (C=O) groups is 1. The van der Waals surface area contributed by atoms with Crippen molar-refractivity contribution in [2.75, 3.05) is 7.11 Å². The van der Waals surface area contributed by atoms with Gasteiger partial charge in [0.2, 0.25) is 5.16 Å². The molecule has 2 heterocycles. The van der Waals surface area contributed by atoms with Crippen molar-refractivity contribution in [3.63, 3.8) is 0 Å². The zero-order valence-electron chi connectivity index (χ0n) is 10.2. The van der Waals surface area contributed by atoms with Crippen molar-refractivity contribution < 1.29 is 13.9 Å². The van der Waals surface area contributed by atoms with Crippen LogP contribution in [0.4, 0.5) is 0 Å². The fourth-order valence-corrected chi connectivity index (χ4v) is 2.14. The molecule has 0 fully saturated rings. The summed E-state index contributed by atoms with van der Waals surface area (Å²) in [5, 5.41) is 11.8. The first-order valence-electron chi connectivity index (χ1n) is 5.14. The summed E-state index contributed by atoms with van der Waals surface area (Å²) < 4.78 is 11.7. The van der Waals surface area contributed by atoms with Crippen molar-refractivity contribution in [1.82, 2.24) is 20.2 Å². The van der Waals surface area contributed by atoms with Crippen LogP contribution in [0.25, 0.3) is 0 Å². The van der Waals surface area contributed by atoms with Gasteiger partial charge in [0.1, 0.15) is 17.1 Å². The normalized spacial score (nSPS) is 10.6. The number of furan rings is 1. The Kier molecular flexibility index (Phi) is 3.66. The highest BCUT2D eigenvalue weighted by molar-refractivity contribution is 7.98. The van der Waals surface area contributed by atoms with Gasteiger partial charge < -0.3 is 9.15 Å². The lowest BCUT2D eigenvalue weighted by Crippen LogP contribution is -2.00. The predicted molar refractivity (Wildman–Crippen MR) is 63.1 cm³/mol. The number of methoxy groups -OCH3 is 1. The Hall–Kier alpha value is -1.83. The molecule has 0 saturated heterocycles. The number of nitrogens with zero attached hydrogens (tertiary/aromatic N) is 4. The van der Waals surface area contributed by atoms with Crippen molar-refractivity contribution in [3.8, 4) is 0 Å². The lowest BCUT2D eigenvalue weighted by molar-refractivity contribution is 0.0599. The van der Waals surface area contributed by atoms with E-state index in [1.807, 2.05) is 0 Å². The number of rotatable bonds is 4. The van der Waals surface area contributed by atoms with Crippen LogP contribution >= 0.6 is 11.8 Å². The number of ether oxygens (including phenoxy) is 1. The van der Waals surface area contributed by atoms with Crippen LogP contribution in [0.2, 0.25) is 0 Å². The number of aromatic nitrogens is 4. The molecular formula is C10H12N4O3S. The number of aryl methyl sites for hydroxylation is 2. The van der Waals surface area contributed by atoms with Crippen LogP contribution in [0.3, 0.4) is 0 Å². The van der Waals surface area contributed by atoms with E-state index in [1.54, 1.807) is 24.7 Å². The van der Waals surface area contributed by atoms with E-state index in [-0.39, 0.29) is 0 Å². The Morgan fingerprint density at radius 2 is 2.39 bits per heavy atom. The quantitative estimate of drug-likeness (QED) is 0.608. The molecule has 0 aromatic carbocycles. The van der Waals surface area contributed by atoms with Gasteiger partial charge in [-0.25, -0.2) is 9.48 Å². The number of esters is 1. The molecule has 0 aliphatic carbocycles. The Morgan fingerprint density at radius 1 is 1.61 bits per heavy atom. The van der Waals surface area contributed by atoms with E-state index >= 15 is 0 Å². The molecule has 0 aliphatic rings. The lowest BCUT2D eigenvalue weighted by atomic mass is 10.2. The van der Waals surface area contributed by atoms with E-state index in [9.17, 15) is 4.79 Å². The van der Waals surface area contributed by atoms with Gasteiger partial charge in [0.25, 0.3) is 0 Å². The summed E-state index contributed by atoms with van der Waals surface area (Å²) in [4.78, 5) is 11.4. The monoisotopic (exact) mass is 268 g/mol. The van der Waals surface area contributed by atoms with E-state index in [1.165, 1.54) is 18.9 Å². The Bertz CT molecular complexity index is 563. The van der Waals surface area contributed by atoms with Gasteiger partial charge in [0.05, 0.1) is 12.9 Å². The average Bonchev–Trinajstić information content (AvgIpc) is 2.92. The molecule has 96 valence electrons. The van der Waals surface area contributed by atoms with Gasteiger partial charge in [0, 0.05) is 7.05 Å². The van der Waals surface area contributed by atoms with Crippen molar-refractivity contribution >= 4 is 17.7 Å². The van der Waals surface area contributed by atoms with Gasteiger partial charge in [0.15, 0.2) is 0 Å². The highest BCUT2D eigenvalue weighted by atomic mass is 32.2. The van der Waals surface area contributed by atoms with Crippen LogP contribution in [0, 0.1) is 6.92 Å². The smallest absolute Gasteiger partial charge is 0.341 e. The Morgan fingerprint density at radius 3 is 3.00 bits per heavy atom. The predicted octanol–water partition coefficient (Wildman–Crippen LogP) is 1.19. The van der Waals surface area contributed by atoms with Crippen molar-refractivity contribution in [3.05, 3.63) is 23.2 Å². The highest BCUT2D eigenvalue weighted by Gasteiger charge is 2.16. The molecule has 2 aromatic rings. The third-order valence-electron chi connectivity index (χ3n) is 2.30. The lowest BCUT2D eigenvalue weighted by Gasteiger charge is -1.95. The fraction of sp³-hybridized carbons (Fsp3) is 0.400.